The van der Waals surface area contributed by atoms with Crippen molar-refractivity contribution in [3.05, 3.63) is 0 Å². The highest BCUT2D eigenvalue weighted by Crippen LogP contribution is 2.28. The van der Waals surface area contributed by atoms with E-state index >= 15 is 0 Å². The summed E-state index contributed by atoms with van der Waals surface area (Å²) in [6, 6.07) is 0.206. The van der Waals surface area contributed by atoms with Gasteiger partial charge in [0.05, 0.1) is 0 Å². The summed E-state index contributed by atoms with van der Waals surface area (Å²) in [6.07, 6.45) is 7.24. The van der Waals surface area contributed by atoms with Crippen LogP contribution >= 0.6 is 24.8 Å². The van der Waals surface area contributed by atoms with E-state index in [4.69, 9.17) is 5.73 Å². The average molecular weight is 409 g/mol. The smallest absolute Gasteiger partial charge is 0.225 e. The summed E-state index contributed by atoms with van der Waals surface area (Å²) in [7, 11) is 0. The number of hydrogen-bond acceptors (Lipinski definition) is 4. The minimum atomic E-state index is 0. The molecule has 1 aliphatic heterocycles. The molecule has 1 saturated heterocycles. The fourth-order valence-corrected chi connectivity index (χ4v) is 4.09. The molecule has 1 heterocycles. The van der Waals surface area contributed by atoms with Crippen molar-refractivity contribution < 1.29 is 9.59 Å². The van der Waals surface area contributed by atoms with Gasteiger partial charge in [-0.15, -0.1) is 24.8 Å². The number of nitrogens with two attached hydrogens (primary N) is 1. The summed E-state index contributed by atoms with van der Waals surface area (Å²) in [5.74, 6) is 1.17. The Morgan fingerprint density at radius 2 is 1.62 bits per heavy atom. The van der Waals surface area contributed by atoms with Gasteiger partial charge in [0.25, 0.3) is 0 Å². The molecule has 3 rings (SSSR count). The lowest BCUT2D eigenvalue weighted by Gasteiger charge is -2.38. The zero-order valence-corrected chi connectivity index (χ0v) is 17.2. The van der Waals surface area contributed by atoms with Crippen molar-refractivity contribution in [3.8, 4) is 0 Å². The minimum Gasteiger partial charge on any atom is -0.355 e. The van der Waals surface area contributed by atoms with E-state index in [0.717, 1.165) is 64.8 Å². The quantitative estimate of drug-likeness (QED) is 0.696. The maximum absolute atomic E-state index is 12.2. The number of nitrogens with one attached hydrogen (secondary N) is 1. The first-order valence-electron chi connectivity index (χ1n) is 9.67. The second kappa shape index (κ2) is 11.3. The molecule has 2 amide bonds. The van der Waals surface area contributed by atoms with Gasteiger partial charge < -0.3 is 16.0 Å². The average Bonchev–Trinajstić information content (AvgIpc) is 2.91. The van der Waals surface area contributed by atoms with Gasteiger partial charge in [-0.25, -0.2) is 0 Å². The standard InChI is InChI=1S/C18H32N4O2.2ClH/c19-16-6-2-5-15(16)13-17(23)20-7-8-21-9-11-22(12-10-21)18(24)14-3-1-4-14;;/h14-16H,1-13,19H2,(H,20,23);2*1H/t15-,16+;;/m0../s1. The van der Waals surface area contributed by atoms with Crippen LogP contribution in [0, 0.1) is 11.8 Å². The molecule has 6 nitrogen and oxygen atoms in total. The molecule has 2 atom stereocenters. The predicted molar refractivity (Wildman–Crippen MR) is 108 cm³/mol. The summed E-state index contributed by atoms with van der Waals surface area (Å²) in [5, 5.41) is 3.03. The minimum absolute atomic E-state index is 0. The van der Waals surface area contributed by atoms with Crippen LogP contribution in [0.1, 0.15) is 44.9 Å². The van der Waals surface area contributed by atoms with E-state index in [1.807, 2.05) is 4.90 Å². The van der Waals surface area contributed by atoms with Gasteiger partial charge in [-0.3, -0.25) is 14.5 Å². The molecular formula is C18H34Cl2N4O2. The SMILES string of the molecule is Cl.Cl.N[C@@H]1CCC[C@H]1CC(=O)NCCN1CCN(C(=O)C2CCC2)CC1. The normalized spacial score (nSPS) is 26.4. The first kappa shape index (κ1) is 23.5. The van der Waals surface area contributed by atoms with Crippen molar-refractivity contribution in [2.24, 2.45) is 17.6 Å². The van der Waals surface area contributed by atoms with Gasteiger partial charge in [-0.2, -0.15) is 0 Å². The van der Waals surface area contributed by atoms with Crippen LogP contribution in [0.15, 0.2) is 0 Å². The van der Waals surface area contributed by atoms with Crippen LogP contribution < -0.4 is 11.1 Å². The van der Waals surface area contributed by atoms with Crippen LogP contribution in [-0.4, -0.2) is 66.9 Å². The third-order valence-corrected chi connectivity index (χ3v) is 6.05. The van der Waals surface area contributed by atoms with Gasteiger partial charge in [0, 0.05) is 57.6 Å². The largest absolute Gasteiger partial charge is 0.355 e. The Kier molecular flexibility index (Phi) is 10.2. The third-order valence-electron chi connectivity index (χ3n) is 6.05. The molecule has 0 unspecified atom stereocenters. The van der Waals surface area contributed by atoms with E-state index in [-0.39, 0.29) is 36.8 Å². The van der Waals surface area contributed by atoms with Gasteiger partial charge in [-0.1, -0.05) is 12.8 Å². The summed E-state index contributed by atoms with van der Waals surface area (Å²) in [6.45, 7) is 5.06. The molecule has 0 aromatic rings. The highest BCUT2D eigenvalue weighted by molar-refractivity contribution is 5.85. The summed E-state index contributed by atoms with van der Waals surface area (Å²) >= 11 is 0. The van der Waals surface area contributed by atoms with Crippen LogP contribution in [-0.2, 0) is 9.59 Å². The van der Waals surface area contributed by atoms with Crippen molar-refractivity contribution in [2.45, 2.75) is 51.0 Å². The molecular weight excluding hydrogens is 375 g/mol. The predicted octanol–water partition coefficient (Wildman–Crippen LogP) is 1.41. The van der Waals surface area contributed by atoms with Gasteiger partial charge >= 0.3 is 0 Å². The number of rotatable bonds is 6. The molecule has 2 saturated carbocycles. The zero-order valence-electron chi connectivity index (χ0n) is 15.5. The topological polar surface area (TPSA) is 78.7 Å². The molecule has 3 N–H and O–H groups in total. The number of halogens is 2. The van der Waals surface area contributed by atoms with E-state index in [1.165, 1.54) is 6.42 Å². The molecule has 0 aromatic heterocycles. The van der Waals surface area contributed by atoms with Crippen molar-refractivity contribution in [1.82, 2.24) is 15.1 Å². The van der Waals surface area contributed by atoms with Crippen LogP contribution in [0.5, 0.6) is 0 Å². The number of hydrogen-bond donors (Lipinski definition) is 2. The van der Waals surface area contributed by atoms with Gasteiger partial charge in [0.15, 0.2) is 0 Å². The summed E-state index contributed by atoms with van der Waals surface area (Å²) in [5.41, 5.74) is 6.03. The molecule has 3 aliphatic rings. The van der Waals surface area contributed by atoms with Crippen molar-refractivity contribution in [2.75, 3.05) is 39.3 Å². The van der Waals surface area contributed by atoms with Crippen LogP contribution in [0.25, 0.3) is 0 Å². The van der Waals surface area contributed by atoms with E-state index in [0.29, 0.717) is 30.7 Å². The molecule has 152 valence electrons. The summed E-state index contributed by atoms with van der Waals surface area (Å²) in [4.78, 5) is 28.6. The third kappa shape index (κ3) is 6.25. The van der Waals surface area contributed by atoms with Gasteiger partial charge in [-0.05, 0) is 31.6 Å². The second-order valence-electron chi connectivity index (χ2n) is 7.70. The Hall–Kier alpha value is -0.560. The Morgan fingerprint density at radius 1 is 0.962 bits per heavy atom. The van der Waals surface area contributed by atoms with Crippen molar-refractivity contribution >= 4 is 36.6 Å². The number of carbonyl (C=O) groups is 2. The van der Waals surface area contributed by atoms with E-state index < -0.39 is 0 Å². The second-order valence-corrected chi connectivity index (χ2v) is 7.70. The highest BCUT2D eigenvalue weighted by atomic mass is 35.5. The number of nitrogens with zero attached hydrogens (tertiary/aromatic N) is 2. The van der Waals surface area contributed by atoms with Crippen LogP contribution in [0.4, 0.5) is 0 Å². The maximum Gasteiger partial charge on any atom is 0.225 e. The number of piperazine rings is 1. The Balaban J connectivity index is 0.00000169. The monoisotopic (exact) mass is 408 g/mol. The molecule has 0 radical (unpaired) electrons. The molecule has 2 aliphatic carbocycles. The van der Waals surface area contributed by atoms with Gasteiger partial charge in [0.1, 0.15) is 0 Å². The molecule has 0 spiro atoms. The molecule has 0 aromatic carbocycles. The Labute approximate surface area is 169 Å². The summed E-state index contributed by atoms with van der Waals surface area (Å²) < 4.78 is 0. The lowest BCUT2D eigenvalue weighted by atomic mass is 9.84. The molecule has 0 bridgehead atoms. The van der Waals surface area contributed by atoms with E-state index in [9.17, 15) is 9.59 Å². The van der Waals surface area contributed by atoms with Crippen LogP contribution in [0.2, 0.25) is 0 Å². The molecule has 8 heteroatoms. The van der Waals surface area contributed by atoms with E-state index in [2.05, 4.69) is 10.2 Å². The van der Waals surface area contributed by atoms with Crippen molar-refractivity contribution in [3.63, 3.8) is 0 Å². The number of amides is 2. The molecule has 3 fully saturated rings. The first-order chi connectivity index (χ1) is 11.6. The Bertz CT molecular complexity index is 454. The lowest BCUT2D eigenvalue weighted by Crippen LogP contribution is -2.52. The maximum atomic E-state index is 12.2. The number of carbonyl (C=O) groups excluding carboxylic acids is 2. The fraction of sp³-hybridized carbons (Fsp3) is 0.889. The highest BCUT2D eigenvalue weighted by Gasteiger charge is 2.31. The lowest BCUT2D eigenvalue weighted by molar-refractivity contribution is -0.139. The van der Waals surface area contributed by atoms with E-state index in [1.54, 1.807) is 0 Å². The van der Waals surface area contributed by atoms with Gasteiger partial charge in [0.2, 0.25) is 11.8 Å². The van der Waals surface area contributed by atoms with Crippen LogP contribution in [0.3, 0.4) is 0 Å². The Morgan fingerprint density at radius 3 is 2.15 bits per heavy atom. The molecule has 26 heavy (non-hydrogen) atoms. The zero-order chi connectivity index (χ0) is 16.9. The fourth-order valence-electron chi connectivity index (χ4n) is 4.09. The first-order valence-corrected chi connectivity index (χ1v) is 9.67. The van der Waals surface area contributed by atoms with Crippen molar-refractivity contribution in [1.29, 1.82) is 0 Å².